The van der Waals surface area contributed by atoms with E-state index in [1.165, 1.54) is 6.07 Å². The first-order valence-corrected chi connectivity index (χ1v) is 8.18. The number of H-pyrrole nitrogens is 1. The highest BCUT2D eigenvalue weighted by Crippen LogP contribution is 2.30. The number of imidazole rings is 1. The lowest BCUT2D eigenvalue weighted by Gasteiger charge is -2.07. The minimum atomic E-state index is -0.991. The van der Waals surface area contributed by atoms with E-state index in [4.69, 9.17) is 15.6 Å². The number of carboxylic acid groups (broad SMARTS) is 1. The molecule has 4 rings (SSSR count). The summed E-state index contributed by atoms with van der Waals surface area (Å²) in [6.45, 7) is 0. The third-order valence-corrected chi connectivity index (χ3v) is 4.31. The molecular weight excluding hydrogens is 344 g/mol. The Kier molecular flexibility index (Phi) is 3.97. The average molecular weight is 360 g/mol. The van der Waals surface area contributed by atoms with E-state index in [0.717, 1.165) is 16.9 Å². The van der Waals surface area contributed by atoms with Crippen molar-refractivity contribution < 1.29 is 14.6 Å². The number of carboxylic acids is 1. The van der Waals surface area contributed by atoms with Crippen molar-refractivity contribution in [2.75, 3.05) is 12.8 Å². The number of rotatable bonds is 4. The van der Waals surface area contributed by atoms with Crippen LogP contribution in [0.3, 0.4) is 0 Å². The fraction of sp³-hybridized carbons (Fsp3) is 0.0500. The molecule has 134 valence electrons. The van der Waals surface area contributed by atoms with Crippen molar-refractivity contribution in [3.05, 3.63) is 60.3 Å². The summed E-state index contributed by atoms with van der Waals surface area (Å²) < 4.78 is 5.27. The van der Waals surface area contributed by atoms with Gasteiger partial charge >= 0.3 is 5.97 Å². The Morgan fingerprint density at radius 2 is 2.00 bits per heavy atom. The molecule has 0 bridgehead atoms. The third kappa shape index (κ3) is 3.06. The van der Waals surface area contributed by atoms with Gasteiger partial charge in [-0.1, -0.05) is 12.1 Å². The van der Waals surface area contributed by atoms with Gasteiger partial charge in [-0.15, -0.1) is 0 Å². The molecule has 4 aromatic rings. The Morgan fingerprint density at radius 3 is 2.78 bits per heavy atom. The summed E-state index contributed by atoms with van der Waals surface area (Å²) in [7, 11) is 1.62. The van der Waals surface area contributed by atoms with Crippen LogP contribution in [0.4, 0.5) is 5.82 Å². The van der Waals surface area contributed by atoms with Gasteiger partial charge in [0, 0.05) is 11.8 Å². The predicted molar refractivity (Wildman–Crippen MR) is 103 cm³/mol. The summed E-state index contributed by atoms with van der Waals surface area (Å²) in [5, 5.41) is 9.14. The minimum Gasteiger partial charge on any atom is -0.497 e. The number of fused-ring (bicyclic) bond motifs is 1. The number of hydrogen-bond acceptors (Lipinski definition) is 5. The lowest BCUT2D eigenvalue weighted by atomic mass is 10.0. The van der Waals surface area contributed by atoms with E-state index in [0.29, 0.717) is 28.2 Å². The van der Waals surface area contributed by atoms with Crippen molar-refractivity contribution >= 4 is 22.8 Å². The Labute approximate surface area is 154 Å². The fourth-order valence-corrected chi connectivity index (χ4v) is 2.90. The number of aromatic nitrogens is 3. The zero-order chi connectivity index (χ0) is 19.0. The maximum atomic E-state index is 11.2. The predicted octanol–water partition coefficient (Wildman–Crippen LogP) is 3.58. The second kappa shape index (κ2) is 6.45. The number of aromatic amines is 1. The van der Waals surface area contributed by atoms with Gasteiger partial charge in [-0.05, 0) is 42.0 Å². The van der Waals surface area contributed by atoms with Crippen LogP contribution in [0.1, 0.15) is 10.4 Å². The lowest BCUT2D eigenvalue weighted by Crippen LogP contribution is -1.96. The van der Waals surface area contributed by atoms with E-state index in [2.05, 4.69) is 15.0 Å². The number of nitrogens with two attached hydrogens (primary N) is 1. The van der Waals surface area contributed by atoms with Crippen LogP contribution in [0.2, 0.25) is 0 Å². The van der Waals surface area contributed by atoms with Crippen molar-refractivity contribution in [2.45, 2.75) is 0 Å². The van der Waals surface area contributed by atoms with Crippen molar-refractivity contribution in [1.82, 2.24) is 15.0 Å². The zero-order valence-electron chi connectivity index (χ0n) is 14.4. The molecule has 0 aliphatic heterocycles. The molecule has 0 atom stereocenters. The van der Waals surface area contributed by atoms with Crippen LogP contribution >= 0.6 is 0 Å². The van der Waals surface area contributed by atoms with Crippen LogP contribution in [0.25, 0.3) is 33.5 Å². The zero-order valence-corrected chi connectivity index (χ0v) is 14.4. The van der Waals surface area contributed by atoms with Crippen LogP contribution in [0.5, 0.6) is 5.75 Å². The van der Waals surface area contributed by atoms with Gasteiger partial charge in [0.2, 0.25) is 0 Å². The maximum absolute atomic E-state index is 11.2. The Hall–Kier alpha value is -3.87. The van der Waals surface area contributed by atoms with Crippen molar-refractivity contribution in [2.24, 2.45) is 0 Å². The standard InChI is InChI=1S/C20H16N4O3/c1-27-14-4-2-3-11(7-14)13-8-15(18(21)22-10-13)19-23-16-6-5-12(20(25)26)9-17(16)24-19/h2-10H,1H3,(H2,21,22)(H,23,24)(H,25,26). The molecule has 7 nitrogen and oxygen atoms in total. The van der Waals surface area contributed by atoms with E-state index in [-0.39, 0.29) is 5.56 Å². The Morgan fingerprint density at radius 1 is 1.15 bits per heavy atom. The summed E-state index contributed by atoms with van der Waals surface area (Å²) in [4.78, 5) is 23.1. The van der Waals surface area contributed by atoms with Gasteiger partial charge in [0.25, 0.3) is 0 Å². The largest absolute Gasteiger partial charge is 0.497 e. The molecule has 0 saturated carbocycles. The minimum absolute atomic E-state index is 0.189. The van der Waals surface area contributed by atoms with Crippen LogP contribution in [-0.2, 0) is 0 Å². The second-order valence-corrected chi connectivity index (χ2v) is 6.01. The molecule has 2 aromatic carbocycles. The van der Waals surface area contributed by atoms with E-state index >= 15 is 0 Å². The number of nitrogen functional groups attached to an aromatic ring is 1. The second-order valence-electron chi connectivity index (χ2n) is 6.01. The molecule has 0 radical (unpaired) electrons. The number of benzene rings is 2. The van der Waals surface area contributed by atoms with Gasteiger partial charge in [-0.25, -0.2) is 14.8 Å². The third-order valence-electron chi connectivity index (χ3n) is 4.31. The molecule has 0 aliphatic carbocycles. The van der Waals surface area contributed by atoms with Crippen LogP contribution in [-0.4, -0.2) is 33.1 Å². The van der Waals surface area contributed by atoms with Gasteiger partial charge in [0.1, 0.15) is 17.4 Å². The maximum Gasteiger partial charge on any atom is 0.335 e. The van der Waals surface area contributed by atoms with E-state index in [1.807, 2.05) is 30.3 Å². The van der Waals surface area contributed by atoms with Crippen molar-refractivity contribution in [3.8, 4) is 28.3 Å². The molecule has 0 aliphatic rings. The van der Waals surface area contributed by atoms with E-state index in [1.54, 1.807) is 25.4 Å². The number of pyridine rings is 1. The van der Waals surface area contributed by atoms with Crippen LogP contribution in [0.15, 0.2) is 54.7 Å². The smallest absolute Gasteiger partial charge is 0.335 e. The van der Waals surface area contributed by atoms with Gasteiger partial charge < -0.3 is 20.6 Å². The number of nitrogens with zero attached hydrogens (tertiary/aromatic N) is 2. The van der Waals surface area contributed by atoms with Gasteiger partial charge in [0.15, 0.2) is 0 Å². The molecule has 4 N–H and O–H groups in total. The average Bonchev–Trinajstić information content (AvgIpc) is 3.11. The number of aromatic carboxylic acids is 1. The van der Waals surface area contributed by atoms with E-state index in [9.17, 15) is 4.79 Å². The quantitative estimate of drug-likeness (QED) is 0.512. The van der Waals surface area contributed by atoms with E-state index < -0.39 is 5.97 Å². The summed E-state index contributed by atoms with van der Waals surface area (Å²) >= 11 is 0. The summed E-state index contributed by atoms with van der Waals surface area (Å²) in [6, 6.07) is 14.3. The normalized spacial score (nSPS) is 10.9. The van der Waals surface area contributed by atoms with Crippen LogP contribution < -0.4 is 10.5 Å². The molecular formula is C20H16N4O3. The Balaban J connectivity index is 1.81. The Bertz CT molecular complexity index is 1170. The fourth-order valence-electron chi connectivity index (χ4n) is 2.90. The molecule has 0 amide bonds. The molecule has 2 heterocycles. The molecule has 27 heavy (non-hydrogen) atoms. The first kappa shape index (κ1) is 16.6. The highest BCUT2D eigenvalue weighted by molar-refractivity contribution is 5.93. The monoisotopic (exact) mass is 360 g/mol. The number of anilines is 1. The molecule has 0 saturated heterocycles. The first-order chi connectivity index (χ1) is 13.0. The summed E-state index contributed by atoms with van der Waals surface area (Å²) in [6.07, 6.45) is 1.69. The van der Waals surface area contributed by atoms with Crippen molar-refractivity contribution in [3.63, 3.8) is 0 Å². The molecule has 7 heteroatoms. The summed E-state index contributed by atoms with van der Waals surface area (Å²) in [5.41, 5.74) is 9.97. The van der Waals surface area contributed by atoms with Gasteiger partial charge in [0.05, 0.1) is 29.3 Å². The first-order valence-electron chi connectivity index (χ1n) is 8.18. The summed E-state index contributed by atoms with van der Waals surface area (Å²) in [5.74, 6) is 0.617. The number of carbonyl (C=O) groups is 1. The van der Waals surface area contributed by atoms with Gasteiger partial charge in [-0.2, -0.15) is 0 Å². The number of nitrogens with one attached hydrogen (secondary N) is 1. The van der Waals surface area contributed by atoms with Gasteiger partial charge in [-0.3, -0.25) is 0 Å². The lowest BCUT2D eigenvalue weighted by molar-refractivity contribution is 0.0697. The highest BCUT2D eigenvalue weighted by atomic mass is 16.5. The number of methoxy groups -OCH3 is 1. The topological polar surface area (TPSA) is 114 Å². The molecule has 0 unspecified atom stereocenters. The SMILES string of the molecule is COc1cccc(-c2cnc(N)c(-c3nc4ccc(C(=O)O)cc4[nH]3)c2)c1. The van der Waals surface area contributed by atoms with Crippen LogP contribution in [0, 0.1) is 0 Å². The molecule has 0 fully saturated rings. The number of hydrogen-bond donors (Lipinski definition) is 3. The molecule has 0 spiro atoms. The highest BCUT2D eigenvalue weighted by Gasteiger charge is 2.13. The number of ether oxygens (including phenoxy) is 1. The molecule has 2 aromatic heterocycles. The van der Waals surface area contributed by atoms with Crippen molar-refractivity contribution in [1.29, 1.82) is 0 Å².